The zero-order valence-corrected chi connectivity index (χ0v) is 9.78. The van der Waals surface area contributed by atoms with Crippen LogP contribution in [-0.4, -0.2) is 23.6 Å². The van der Waals surface area contributed by atoms with Gasteiger partial charge in [-0.2, -0.15) is 0 Å². The fourth-order valence-electron chi connectivity index (χ4n) is 2.00. The Labute approximate surface area is 101 Å². The van der Waals surface area contributed by atoms with Crippen LogP contribution >= 0.6 is 0 Å². The molecule has 1 saturated heterocycles. The van der Waals surface area contributed by atoms with Crippen molar-refractivity contribution in [3.8, 4) is 5.75 Å². The van der Waals surface area contributed by atoms with Gasteiger partial charge in [-0.25, -0.2) is 0 Å². The second-order valence-corrected chi connectivity index (χ2v) is 4.39. The van der Waals surface area contributed by atoms with Gasteiger partial charge in [0, 0.05) is 6.54 Å². The van der Waals surface area contributed by atoms with E-state index in [1.165, 1.54) is 0 Å². The second kappa shape index (κ2) is 5.68. The topological polar surface area (TPSA) is 61.4 Å². The predicted octanol–water partition coefficient (Wildman–Crippen LogP) is 1.15. The number of carbonyl (C=O) groups is 1. The van der Waals surface area contributed by atoms with Crippen molar-refractivity contribution in [1.82, 2.24) is 10.6 Å². The monoisotopic (exact) mass is 234 g/mol. The van der Waals surface area contributed by atoms with E-state index >= 15 is 0 Å². The Bertz CT molecular complexity index is 370. The summed E-state index contributed by atoms with van der Waals surface area (Å²) in [7, 11) is 0. The van der Waals surface area contributed by atoms with E-state index in [-0.39, 0.29) is 17.7 Å². The van der Waals surface area contributed by atoms with Crippen molar-refractivity contribution in [2.75, 3.05) is 6.54 Å². The lowest BCUT2D eigenvalue weighted by molar-refractivity contribution is -0.123. The molecule has 17 heavy (non-hydrogen) atoms. The van der Waals surface area contributed by atoms with E-state index in [1.54, 1.807) is 12.1 Å². The minimum atomic E-state index is -0.0409. The third-order valence-corrected chi connectivity index (χ3v) is 3.03. The summed E-state index contributed by atoms with van der Waals surface area (Å²) in [4.78, 5) is 11.8. The van der Waals surface area contributed by atoms with E-state index in [4.69, 9.17) is 5.11 Å². The molecular formula is C13H18N2O2. The summed E-state index contributed by atoms with van der Waals surface area (Å²) in [6.45, 7) is 1.44. The Morgan fingerprint density at radius 1 is 1.35 bits per heavy atom. The number of rotatable bonds is 3. The Balaban J connectivity index is 1.81. The van der Waals surface area contributed by atoms with Gasteiger partial charge in [-0.3, -0.25) is 4.79 Å². The number of hydrogen-bond acceptors (Lipinski definition) is 3. The third-order valence-electron chi connectivity index (χ3n) is 3.03. The summed E-state index contributed by atoms with van der Waals surface area (Å²) in [5, 5.41) is 15.3. The molecule has 1 fully saturated rings. The van der Waals surface area contributed by atoms with Crippen molar-refractivity contribution < 1.29 is 9.90 Å². The van der Waals surface area contributed by atoms with Crippen LogP contribution in [0, 0.1) is 0 Å². The van der Waals surface area contributed by atoms with Crippen LogP contribution in [-0.2, 0) is 11.3 Å². The number of hydrogen-bond donors (Lipinski definition) is 3. The molecule has 1 aliphatic heterocycles. The molecule has 3 N–H and O–H groups in total. The van der Waals surface area contributed by atoms with E-state index < -0.39 is 0 Å². The number of amides is 1. The number of phenols is 1. The van der Waals surface area contributed by atoms with E-state index in [0.717, 1.165) is 31.4 Å². The number of benzene rings is 1. The van der Waals surface area contributed by atoms with Crippen molar-refractivity contribution in [2.24, 2.45) is 0 Å². The number of nitrogens with one attached hydrogen (secondary N) is 2. The van der Waals surface area contributed by atoms with Gasteiger partial charge in [-0.15, -0.1) is 0 Å². The zero-order valence-electron chi connectivity index (χ0n) is 9.78. The van der Waals surface area contributed by atoms with Crippen molar-refractivity contribution in [2.45, 2.75) is 31.8 Å². The van der Waals surface area contributed by atoms with Crippen LogP contribution in [0.2, 0.25) is 0 Å². The van der Waals surface area contributed by atoms with Gasteiger partial charge in [-0.1, -0.05) is 18.6 Å². The summed E-state index contributed by atoms with van der Waals surface area (Å²) >= 11 is 0. The normalized spacial score (nSPS) is 19.9. The first-order valence-corrected chi connectivity index (χ1v) is 6.05. The summed E-state index contributed by atoms with van der Waals surface area (Å²) in [6, 6.07) is 6.83. The average Bonchev–Trinajstić information content (AvgIpc) is 2.39. The Hall–Kier alpha value is -1.55. The van der Waals surface area contributed by atoms with Crippen molar-refractivity contribution in [3.63, 3.8) is 0 Å². The third kappa shape index (κ3) is 3.46. The highest BCUT2D eigenvalue weighted by Gasteiger charge is 2.19. The standard InChI is InChI=1S/C13H18N2O2/c16-11-6-4-10(5-7-11)9-15-13(17)12-3-1-2-8-14-12/h4-7,12,14,16H,1-3,8-9H2,(H,15,17)/t12-/m0/s1. The van der Waals surface area contributed by atoms with Gasteiger partial charge in [0.2, 0.25) is 5.91 Å². The largest absolute Gasteiger partial charge is 0.508 e. The van der Waals surface area contributed by atoms with Gasteiger partial charge >= 0.3 is 0 Å². The molecule has 0 bridgehead atoms. The molecule has 1 heterocycles. The van der Waals surface area contributed by atoms with Gasteiger partial charge < -0.3 is 15.7 Å². The molecule has 0 aromatic heterocycles. The van der Waals surface area contributed by atoms with E-state index in [1.807, 2.05) is 12.1 Å². The number of aromatic hydroxyl groups is 1. The van der Waals surface area contributed by atoms with Crippen LogP contribution < -0.4 is 10.6 Å². The molecule has 1 atom stereocenters. The summed E-state index contributed by atoms with van der Waals surface area (Å²) in [6.07, 6.45) is 3.19. The van der Waals surface area contributed by atoms with Gasteiger partial charge in [0.1, 0.15) is 5.75 Å². The molecule has 0 saturated carbocycles. The van der Waals surface area contributed by atoms with Gasteiger partial charge in [0.05, 0.1) is 6.04 Å². The van der Waals surface area contributed by atoms with Crippen molar-refractivity contribution in [3.05, 3.63) is 29.8 Å². The van der Waals surface area contributed by atoms with Crippen molar-refractivity contribution >= 4 is 5.91 Å². The maximum Gasteiger partial charge on any atom is 0.237 e. The summed E-state index contributed by atoms with van der Waals surface area (Å²) < 4.78 is 0. The molecule has 0 unspecified atom stereocenters. The number of piperidine rings is 1. The highest BCUT2D eigenvalue weighted by molar-refractivity contribution is 5.81. The Morgan fingerprint density at radius 3 is 2.76 bits per heavy atom. The molecule has 1 aromatic rings. The van der Waals surface area contributed by atoms with Gasteiger partial charge in [0.15, 0.2) is 0 Å². The molecule has 2 rings (SSSR count). The summed E-state index contributed by atoms with van der Waals surface area (Å²) in [5.41, 5.74) is 0.993. The first-order chi connectivity index (χ1) is 8.25. The maximum absolute atomic E-state index is 11.8. The van der Waals surface area contributed by atoms with E-state index in [2.05, 4.69) is 10.6 Å². The highest BCUT2D eigenvalue weighted by atomic mass is 16.3. The van der Waals surface area contributed by atoms with Crippen LogP contribution in [0.4, 0.5) is 0 Å². The van der Waals surface area contributed by atoms with Crippen LogP contribution in [0.15, 0.2) is 24.3 Å². The molecule has 1 aliphatic rings. The van der Waals surface area contributed by atoms with Gasteiger partial charge in [0.25, 0.3) is 0 Å². The minimum absolute atomic E-state index is 0.0409. The highest BCUT2D eigenvalue weighted by Crippen LogP contribution is 2.10. The molecule has 1 amide bonds. The molecule has 92 valence electrons. The SMILES string of the molecule is O=C(NCc1ccc(O)cc1)[C@@H]1CCCCN1. The van der Waals surface area contributed by atoms with Crippen LogP contribution in [0.25, 0.3) is 0 Å². The smallest absolute Gasteiger partial charge is 0.237 e. The quantitative estimate of drug-likeness (QED) is 0.735. The van der Waals surface area contributed by atoms with Crippen LogP contribution in [0.1, 0.15) is 24.8 Å². The molecule has 0 spiro atoms. The summed E-state index contributed by atoms with van der Waals surface area (Å²) in [5.74, 6) is 0.312. The van der Waals surface area contributed by atoms with Crippen LogP contribution in [0.3, 0.4) is 0 Å². The predicted molar refractivity (Wildman–Crippen MR) is 65.6 cm³/mol. The fourth-order valence-corrected chi connectivity index (χ4v) is 2.00. The van der Waals surface area contributed by atoms with E-state index in [0.29, 0.717) is 6.54 Å². The number of phenolic OH excluding ortho intramolecular Hbond substituents is 1. The molecular weight excluding hydrogens is 216 g/mol. The molecule has 4 nitrogen and oxygen atoms in total. The first kappa shape index (κ1) is 11.9. The minimum Gasteiger partial charge on any atom is -0.508 e. The molecule has 1 aromatic carbocycles. The van der Waals surface area contributed by atoms with Crippen molar-refractivity contribution in [1.29, 1.82) is 0 Å². The first-order valence-electron chi connectivity index (χ1n) is 6.05. The molecule has 0 radical (unpaired) electrons. The lowest BCUT2D eigenvalue weighted by Crippen LogP contribution is -2.46. The molecule has 0 aliphatic carbocycles. The van der Waals surface area contributed by atoms with Crippen LogP contribution in [0.5, 0.6) is 5.75 Å². The lowest BCUT2D eigenvalue weighted by Gasteiger charge is -2.22. The second-order valence-electron chi connectivity index (χ2n) is 4.39. The molecule has 4 heteroatoms. The maximum atomic E-state index is 11.8. The lowest BCUT2D eigenvalue weighted by atomic mass is 10.0. The fraction of sp³-hybridized carbons (Fsp3) is 0.462. The Morgan fingerprint density at radius 2 is 2.12 bits per heavy atom. The van der Waals surface area contributed by atoms with Gasteiger partial charge in [-0.05, 0) is 37.1 Å². The zero-order chi connectivity index (χ0) is 12.1. The Kier molecular flexibility index (Phi) is 3.98. The van der Waals surface area contributed by atoms with E-state index in [9.17, 15) is 4.79 Å². The average molecular weight is 234 g/mol. The number of carbonyl (C=O) groups excluding carboxylic acids is 1.